The monoisotopic (exact) mass is 282 g/mol. The standard InChI is InChI=1S/C14H22N2O2S/c1-14(10-4-5-11-14)15-12-6-8-13(9-7-12)19(17,18)16(2)3/h6-9,15H,4-5,10-11H2,1-3H3. The molecule has 0 aliphatic heterocycles. The molecule has 19 heavy (non-hydrogen) atoms. The Morgan fingerprint density at radius 3 is 2.11 bits per heavy atom. The number of hydrogen-bond acceptors (Lipinski definition) is 3. The highest BCUT2D eigenvalue weighted by molar-refractivity contribution is 7.89. The van der Waals surface area contributed by atoms with Gasteiger partial charge < -0.3 is 5.32 Å². The van der Waals surface area contributed by atoms with Gasteiger partial charge in [-0.2, -0.15) is 0 Å². The molecule has 0 aromatic heterocycles. The molecule has 1 saturated carbocycles. The third kappa shape index (κ3) is 3.09. The van der Waals surface area contributed by atoms with Crippen molar-refractivity contribution in [2.75, 3.05) is 19.4 Å². The average molecular weight is 282 g/mol. The maximum Gasteiger partial charge on any atom is 0.242 e. The van der Waals surface area contributed by atoms with Crippen molar-refractivity contribution in [3.63, 3.8) is 0 Å². The van der Waals surface area contributed by atoms with Gasteiger partial charge in [0.1, 0.15) is 0 Å². The first-order chi connectivity index (χ1) is 8.83. The molecule has 0 saturated heterocycles. The molecule has 0 unspecified atom stereocenters. The summed E-state index contributed by atoms with van der Waals surface area (Å²) in [5.41, 5.74) is 1.14. The molecule has 0 heterocycles. The molecule has 1 aromatic rings. The van der Waals surface area contributed by atoms with E-state index in [0.717, 1.165) is 5.69 Å². The normalized spacial score (nSPS) is 18.7. The Hall–Kier alpha value is -1.07. The predicted octanol–water partition coefficient (Wildman–Crippen LogP) is 2.68. The second-order valence-electron chi connectivity index (χ2n) is 5.70. The van der Waals surface area contributed by atoms with E-state index in [1.807, 2.05) is 12.1 Å². The van der Waals surface area contributed by atoms with Gasteiger partial charge in [-0.05, 0) is 44.0 Å². The van der Waals surface area contributed by atoms with Gasteiger partial charge in [-0.1, -0.05) is 12.8 Å². The first-order valence-electron chi connectivity index (χ1n) is 6.64. The Balaban J connectivity index is 2.15. The summed E-state index contributed by atoms with van der Waals surface area (Å²) in [7, 11) is -0.245. The molecule has 1 aliphatic carbocycles. The fourth-order valence-electron chi connectivity index (χ4n) is 2.55. The molecule has 0 atom stereocenters. The van der Waals surface area contributed by atoms with E-state index < -0.39 is 10.0 Å². The van der Waals surface area contributed by atoms with E-state index in [9.17, 15) is 8.42 Å². The van der Waals surface area contributed by atoms with Crippen molar-refractivity contribution < 1.29 is 8.42 Å². The molecular weight excluding hydrogens is 260 g/mol. The third-order valence-corrected chi connectivity index (χ3v) is 5.62. The van der Waals surface area contributed by atoms with Crippen molar-refractivity contribution in [1.82, 2.24) is 4.31 Å². The lowest BCUT2D eigenvalue weighted by molar-refractivity contribution is 0.520. The molecule has 1 aliphatic rings. The van der Waals surface area contributed by atoms with Crippen LogP contribution in [-0.2, 0) is 10.0 Å². The van der Waals surface area contributed by atoms with Crippen LogP contribution in [0.15, 0.2) is 29.2 Å². The highest BCUT2D eigenvalue weighted by atomic mass is 32.2. The molecule has 4 nitrogen and oxygen atoms in total. The van der Waals surface area contributed by atoms with Gasteiger partial charge in [0.25, 0.3) is 0 Å². The number of nitrogens with one attached hydrogen (secondary N) is 1. The smallest absolute Gasteiger partial charge is 0.242 e. The molecule has 0 spiro atoms. The van der Waals surface area contributed by atoms with Crippen LogP contribution in [0.5, 0.6) is 0 Å². The number of rotatable bonds is 4. The van der Waals surface area contributed by atoms with Crippen molar-refractivity contribution in [2.45, 2.75) is 43.0 Å². The first kappa shape index (κ1) is 14.3. The van der Waals surface area contributed by atoms with E-state index in [2.05, 4.69) is 12.2 Å². The minimum absolute atomic E-state index is 0.155. The molecule has 1 aromatic carbocycles. The van der Waals surface area contributed by atoms with Gasteiger partial charge in [-0.15, -0.1) is 0 Å². The van der Waals surface area contributed by atoms with E-state index >= 15 is 0 Å². The number of sulfonamides is 1. The van der Waals surface area contributed by atoms with Gasteiger partial charge in [-0.25, -0.2) is 12.7 Å². The van der Waals surface area contributed by atoms with Gasteiger partial charge in [0.2, 0.25) is 10.0 Å². The molecule has 0 amide bonds. The summed E-state index contributed by atoms with van der Waals surface area (Å²) in [5.74, 6) is 0. The Labute approximate surface area is 115 Å². The number of nitrogens with zero attached hydrogens (tertiary/aromatic N) is 1. The minimum Gasteiger partial charge on any atom is -0.380 e. The molecular formula is C14H22N2O2S. The maximum atomic E-state index is 12.0. The molecule has 5 heteroatoms. The van der Waals surface area contributed by atoms with Crippen molar-refractivity contribution in [3.05, 3.63) is 24.3 Å². The number of benzene rings is 1. The topological polar surface area (TPSA) is 49.4 Å². The van der Waals surface area contributed by atoms with Gasteiger partial charge >= 0.3 is 0 Å². The summed E-state index contributed by atoms with van der Waals surface area (Å²) in [6.45, 7) is 2.23. The fourth-order valence-corrected chi connectivity index (χ4v) is 3.45. The van der Waals surface area contributed by atoms with Crippen LogP contribution in [0.1, 0.15) is 32.6 Å². The number of anilines is 1. The highest BCUT2D eigenvalue weighted by Crippen LogP contribution is 2.32. The Bertz CT molecular complexity index is 529. The molecule has 2 rings (SSSR count). The summed E-state index contributed by atoms with van der Waals surface area (Å²) < 4.78 is 25.1. The van der Waals surface area contributed by atoms with Crippen LogP contribution in [0.3, 0.4) is 0 Å². The lowest BCUT2D eigenvalue weighted by Gasteiger charge is -2.26. The second-order valence-corrected chi connectivity index (χ2v) is 7.86. The summed E-state index contributed by atoms with van der Waals surface area (Å²) >= 11 is 0. The van der Waals surface area contributed by atoms with Crippen molar-refractivity contribution in [3.8, 4) is 0 Å². The fraction of sp³-hybridized carbons (Fsp3) is 0.571. The van der Waals surface area contributed by atoms with E-state index in [4.69, 9.17) is 0 Å². The molecule has 1 fully saturated rings. The Kier molecular flexibility index (Phi) is 3.87. The quantitative estimate of drug-likeness (QED) is 0.923. The zero-order chi connectivity index (χ0) is 14.1. The summed E-state index contributed by atoms with van der Waals surface area (Å²) in [4.78, 5) is 0.333. The predicted molar refractivity (Wildman–Crippen MR) is 77.8 cm³/mol. The highest BCUT2D eigenvalue weighted by Gasteiger charge is 2.28. The summed E-state index contributed by atoms with van der Waals surface area (Å²) in [6.07, 6.45) is 4.86. The largest absolute Gasteiger partial charge is 0.380 e. The van der Waals surface area contributed by atoms with Crippen LogP contribution in [0, 0.1) is 0 Å². The molecule has 0 radical (unpaired) electrons. The third-order valence-electron chi connectivity index (χ3n) is 3.79. The number of hydrogen-bond donors (Lipinski definition) is 1. The van der Waals surface area contributed by atoms with Crippen LogP contribution in [0.2, 0.25) is 0 Å². The SMILES string of the molecule is CN(C)S(=O)(=O)c1ccc(NC2(C)CCCC2)cc1. The lowest BCUT2D eigenvalue weighted by atomic mass is 10.0. The summed E-state index contributed by atoms with van der Waals surface area (Å²) in [5, 5.41) is 3.52. The van der Waals surface area contributed by atoms with E-state index in [1.165, 1.54) is 30.0 Å². The Morgan fingerprint density at radius 2 is 1.63 bits per heavy atom. The summed E-state index contributed by atoms with van der Waals surface area (Å²) in [6, 6.07) is 7.02. The second kappa shape index (κ2) is 5.13. The van der Waals surface area contributed by atoms with Crippen LogP contribution < -0.4 is 5.32 Å². The zero-order valence-corrected chi connectivity index (χ0v) is 12.6. The molecule has 1 N–H and O–H groups in total. The van der Waals surface area contributed by atoms with Crippen LogP contribution >= 0.6 is 0 Å². The van der Waals surface area contributed by atoms with Gasteiger partial charge in [0.15, 0.2) is 0 Å². The zero-order valence-electron chi connectivity index (χ0n) is 11.8. The average Bonchev–Trinajstić information content (AvgIpc) is 2.76. The van der Waals surface area contributed by atoms with Gasteiger partial charge in [0.05, 0.1) is 4.90 Å². The van der Waals surface area contributed by atoms with Crippen LogP contribution in [-0.4, -0.2) is 32.4 Å². The van der Waals surface area contributed by atoms with Gasteiger partial charge in [0, 0.05) is 25.3 Å². The van der Waals surface area contributed by atoms with E-state index in [-0.39, 0.29) is 5.54 Å². The first-order valence-corrected chi connectivity index (χ1v) is 8.08. The molecule has 106 valence electrons. The van der Waals surface area contributed by atoms with Gasteiger partial charge in [-0.3, -0.25) is 0 Å². The lowest BCUT2D eigenvalue weighted by Crippen LogP contribution is -2.30. The Morgan fingerprint density at radius 1 is 1.11 bits per heavy atom. The van der Waals surface area contributed by atoms with Crippen molar-refractivity contribution in [1.29, 1.82) is 0 Å². The van der Waals surface area contributed by atoms with E-state index in [1.54, 1.807) is 26.2 Å². The van der Waals surface area contributed by atoms with Crippen molar-refractivity contribution in [2.24, 2.45) is 0 Å². The maximum absolute atomic E-state index is 12.0. The van der Waals surface area contributed by atoms with Crippen LogP contribution in [0.25, 0.3) is 0 Å². The molecule has 0 bridgehead atoms. The van der Waals surface area contributed by atoms with Crippen LogP contribution in [0.4, 0.5) is 5.69 Å². The minimum atomic E-state index is -3.33. The van der Waals surface area contributed by atoms with Crippen molar-refractivity contribution >= 4 is 15.7 Å². The van der Waals surface area contributed by atoms with E-state index in [0.29, 0.717) is 4.90 Å².